The molecule has 0 aromatic rings. The molecule has 9 nitrogen and oxygen atoms in total. The van der Waals surface area contributed by atoms with Crippen molar-refractivity contribution in [1.82, 2.24) is 20.4 Å². The van der Waals surface area contributed by atoms with Crippen LogP contribution in [-0.2, 0) is 14.3 Å². The lowest BCUT2D eigenvalue weighted by molar-refractivity contribution is -0.136. The number of morpholine rings is 1. The summed E-state index contributed by atoms with van der Waals surface area (Å²) in [5, 5.41) is 5.23. The highest BCUT2D eigenvalue weighted by molar-refractivity contribution is 5.90. The van der Waals surface area contributed by atoms with Crippen LogP contribution >= 0.6 is 0 Å². The largest absolute Gasteiger partial charge is 0.379 e. The lowest BCUT2D eigenvalue weighted by Gasteiger charge is -2.33. The van der Waals surface area contributed by atoms with Gasteiger partial charge in [-0.1, -0.05) is 0 Å². The summed E-state index contributed by atoms with van der Waals surface area (Å²) in [7, 11) is 0. The van der Waals surface area contributed by atoms with Crippen LogP contribution in [-0.4, -0.2) is 72.8 Å². The third-order valence-corrected chi connectivity index (χ3v) is 3.89. The Morgan fingerprint density at radius 2 is 1.91 bits per heavy atom. The molecule has 0 bridgehead atoms. The molecule has 124 valence electrons. The number of nitrogens with two attached hydrogens (primary N) is 1. The highest BCUT2D eigenvalue weighted by Gasteiger charge is 2.33. The molecule has 0 aromatic heterocycles. The van der Waals surface area contributed by atoms with Gasteiger partial charge in [0.15, 0.2) is 6.17 Å². The molecule has 2 aliphatic rings. The predicted octanol–water partition coefficient (Wildman–Crippen LogP) is -1.60. The van der Waals surface area contributed by atoms with Crippen LogP contribution < -0.4 is 16.4 Å². The third-order valence-electron chi connectivity index (χ3n) is 3.89. The van der Waals surface area contributed by atoms with Crippen molar-refractivity contribution in [2.45, 2.75) is 32.1 Å². The maximum atomic E-state index is 12.0. The highest BCUT2D eigenvalue weighted by atomic mass is 16.5. The van der Waals surface area contributed by atoms with Crippen molar-refractivity contribution in [2.75, 3.05) is 32.8 Å². The Labute approximate surface area is 129 Å². The quantitative estimate of drug-likeness (QED) is 0.565. The molecular weight excluding hydrogens is 290 g/mol. The summed E-state index contributed by atoms with van der Waals surface area (Å²) < 4.78 is 5.25. The molecule has 0 radical (unpaired) electrons. The Kier molecular flexibility index (Phi) is 5.56. The summed E-state index contributed by atoms with van der Waals surface area (Å²) in [5.74, 6) is -0.922. The first-order valence-corrected chi connectivity index (χ1v) is 7.46. The van der Waals surface area contributed by atoms with E-state index in [1.54, 1.807) is 0 Å². The lowest BCUT2D eigenvalue weighted by atomic mass is 10.3. The second-order valence-electron chi connectivity index (χ2n) is 5.44. The first kappa shape index (κ1) is 16.5. The normalized spacial score (nSPS) is 22.2. The zero-order valence-corrected chi connectivity index (χ0v) is 12.7. The van der Waals surface area contributed by atoms with Gasteiger partial charge in [-0.3, -0.25) is 14.5 Å². The van der Waals surface area contributed by atoms with Crippen LogP contribution in [0.5, 0.6) is 0 Å². The number of likely N-dealkylation sites (tertiary alicyclic amines) is 1. The molecule has 2 atom stereocenters. The molecule has 2 fully saturated rings. The molecule has 22 heavy (non-hydrogen) atoms. The van der Waals surface area contributed by atoms with Crippen LogP contribution in [0.3, 0.4) is 0 Å². The molecule has 4 amide bonds. The van der Waals surface area contributed by atoms with E-state index in [4.69, 9.17) is 10.5 Å². The molecule has 2 aliphatic heterocycles. The van der Waals surface area contributed by atoms with E-state index in [0.717, 1.165) is 13.1 Å². The molecule has 0 aromatic carbocycles. The van der Waals surface area contributed by atoms with Crippen LogP contribution in [0.25, 0.3) is 0 Å². The second-order valence-corrected chi connectivity index (χ2v) is 5.44. The predicted molar refractivity (Wildman–Crippen MR) is 77.5 cm³/mol. The number of nitrogens with zero attached hydrogens (tertiary/aromatic N) is 2. The third kappa shape index (κ3) is 4.08. The number of ether oxygens (including phenoxy) is 1. The average Bonchev–Trinajstić information content (AvgIpc) is 2.91. The smallest absolute Gasteiger partial charge is 0.318 e. The molecule has 2 saturated heterocycles. The lowest BCUT2D eigenvalue weighted by Crippen LogP contribution is -2.60. The molecule has 0 saturated carbocycles. The summed E-state index contributed by atoms with van der Waals surface area (Å²) in [6, 6.07) is -0.525. The van der Waals surface area contributed by atoms with Gasteiger partial charge in [0.05, 0.1) is 19.4 Å². The number of carbonyl (C=O) groups excluding carboxylic acids is 3. The Morgan fingerprint density at radius 3 is 2.45 bits per heavy atom. The fourth-order valence-corrected chi connectivity index (χ4v) is 2.66. The van der Waals surface area contributed by atoms with Gasteiger partial charge in [-0.2, -0.15) is 0 Å². The number of hydrogen-bond acceptors (Lipinski definition) is 5. The van der Waals surface area contributed by atoms with Gasteiger partial charge in [-0.05, 0) is 13.3 Å². The van der Waals surface area contributed by atoms with E-state index in [9.17, 15) is 14.4 Å². The van der Waals surface area contributed by atoms with Gasteiger partial charge in [0.1, 0.15) is 0 Å². The fourth-order valence-electron chi connectivity index (χ4n) is 2.66. The number of carbonyl (C=O) groups is 3. The van der Waals surface area contributed by atoms with Crippen molar-refractivity contribution in [3.63, 3.8) is 0 Å². The van der Waals surface area contributed by atoms with E-state index in [1.165, 1.54) is 4.90 Å². The van der Waals surface area contributed by atoms with Crippen molar-refractivity contribution in [2.24, 2.45) is 5.73 Å². The van der Waals surface area contributed by atoms with Crippen molar-refractivity contribution in [3.8, 4) is 0 Å². The van der Waals surface area contributed by atoms with Crippen molar-refractivity contribution >= 4 is 17.8 Å². The van der Waals surface area contributed by atoms with Crippen molar-refractivity contribution in [1.29, 1.82) is 0 Å². The SMILES string of the molecule is CC(NC(=O)NC(C(N)=O)N1CCCC1=O)N1CCOCC1. The molecule has 2 heterocycles. The maximum Gasteiger partial charge on any atom is 0.318 e. The topological polar surface area (TPSA) is 117 Å². The molecule has 2 unspecified atom stereocenters. The molecule has 9 heteroatoms. The van der Waals surface area contributed by atoms with Crippen LogP contribution in [0, 0.1) is 0 Å². The van der Waals surface area contributed by atoms with E-state index in [-0.39, 0.29) is 12.1 Å². The minimum Gasteiger partial charge on any atom is -0.379 e. The van der Waals surface area contributed by atoms with Gasteiger partial charge in [-0.25, -0.2) is 4.79 Å². The van der Waals surface area contributed by atoms with E-state index in [2.05, 4.69) is 15.5 Å². The van der Waals surface area contributed by atoms with Crippen LogP contribution in [0.1, 0.15) is 19.8 Å². The van der Waals surface area contributed by atoms with Crippen molar-refractivity contribution < 1.29 is 19.1 Å². The second kappa shape index (κ2) is 7.41. The fraction of sp³-hybridized carbons (Fsp3) is 0.769. The van der Waals surface area contributed by atoms with Gasteiger partial charge in [-0.15, -0.1) is 0 Å². The van der Waals surface area contributed by atoms with E-state index in [0.29, 0.717) is 32.6 Å². The number of amides is 4. The van der Waals surface area contributed by atoms with Gasteiger partial charge in [0.25, 0.3) is 5.91 Å². The Bertz CT molecular complexity index is 438. The Morgan fingerprint density at radius 1 is 1.23 bits per heavy atom. The summed E-state index contributed by atoms with van der Waals surface area (Å²) in [6.07, 6.45) is -0.272. The van der Waals surface area contributed by atoms with Gasteiger partial charge < -0.3 is 26.0 Å². The first-order valence-electron chi connectivity index (χ1n) is 7.46. The maximum absolute atomic E-state index is 12.0. The summed E-state index contributed by atoms with van der Waals surface area (Å²) in [4.78, 5) is 38.6. The summed E-state index contributed by atoms with van der Waals surface area (Å²) in [6.45, 7) is 4.98. The average molecular weight is 313 g/mol. The number of nitrogens with one attached hydrogen (secondary N) is 2. The molecule has 0 spiro atoms. The standard InChI is InChI=1S/C13H23N5O4/c1-9(17-5-7-22-8-6-17)15-13(21)16-12(11(14)20)18-4-2-3-10(18)19/h9,12H,2-8H2,1H3,(H2,14,20)(H2,15,16,21). The molecule has 2 rings (SSSR count). The van der Waals surface area contributed by atoms with Gasteiger partial charge in [0.2, 0.25) is 5.91 Å². The Hall–Kier alpha value is -1.87. The zero-order valence-electron chi connectivity index (χ0n) is 12.7. The number of primary amides is 1. The van der Waals surface area contributed by atoms with Gasteiger partial charge >= 0.3 is 6.03 Å². The number of rotatable bonds is 5. The van der Waals surface area contributed by atoms with Gasteiger partial charge in [0, 0.05) is 26.1 Å². The first-order chi connectivity index (χ1) is 10.5. The monoisotopic (exact) mass is 313 g/mol. The zero-order chi connectivity index (χ0) is 16.1. The minimum absolute atomic E-state index is 0.176. The summed E-state index contributed by atoms with van der Waals surface area (Å²) in [5.41, 5.74) is 5.30. The van der Waals surface area contributed by atoms with Crippen LogP contribution in [0.4, 0.5) is 4.79 Å². The molecular formula is C13H23N5O4. The number of hydrogen-bond donors (Lipinski definition) is 3. The molecule has 4 N–H and O–H groups in total. The number of urea groups is 1. The van der Waals surface area contributed by atoms with Crippen LogP contribution in [0.15, 0.2) is 0 Å². The minimum atomic E-state index is -1.10. The van der Waals surface area contributed by atoms with E-state index >= 15 is 0 Å². The Balaban J connectivity index is 1.87. The van der Waals surface area contributed by atoms with Crippen molar-refractivity contribution in [3.05, 3.63) is 0 Å². The van der Waals surface area contributed by atoms with E-state index < -0.39 is 18.1 Å². The highest BCUT2D eigenvalue weighted by Crippen LogP contribution is 2.12. The summed E-state index contributed by atoms with van der Waals surface area (Å²) >= 11 is 0. The van der Waals surface area contributed by atoms with Crippen LogP contribution in [0.2, 0.25) is 0 Å². The van der Waals surface area contributed by atoms with E-state index in [1.807, 2.05) is 6.92 Å². The molecule has 0 aliphatic carbocycles.